The number of halogens is 1. The summed E-state index contributed by atoms with van der Waals surface area (Å²) in [6, 6.07) is 10.1. The number of rotatable bonds is 2. The van der Waals surface area contributed by atoms with E-state index in [0.29, 0.717) is 5.15 Å². The zero-order chi connectivity index (χ0) is 9.97. The Hall–Kier alpha value is -1.08. The number of aryl methyl sites for hydroxylation is 1. The van der Waals surface area contributed by atoms with Gasteiger partial charge in [0.1, 0.15) is 5.15 Å². The summed E-state index contributed by atoms with van der Waals surface area (Å²) >= 11 is 5.95. The quantitative estimate of drug-likeness (QED) is 0.679. The second-order valence-electron chi connectivity index (χ2n) is 3.37. The molecule has 0 aliphatic rings. The summed E-state index contributed by atoms with van der Waals surface area (Å²) in [5.41, 5.74) is 2.28. The van der Waals surface area contributed by atoms with E-state index in [1.165, 1.54) is 10.9 Å². The molecule has 2 rings (SSSR count). The van der Waals surface area contributed by atoms with Crippen LogP contribution in [0.3, 0.4) is 0 Å². The maximum Gasteiger partial charge on any atom is 0.130 e. The molecule has 0 radical (unpaired) electrons. The SMILES string of the molecule is CCCc1cc(Cl)nc2ccccc12. The molecule has 0 N–H and O–H groups in total. The molecule has 0 unspecified atom stereocenters. The summed E-state index contributed by atoms with van der Waals surface area (Å²) < 4.78 is 0. The molecule has 2 aromatic rings. The second-order valence-corrected chi connectivity index (χ2v) is 3.76. The van der Waals surface area contributed by atoms with Crippen molar-refractivity contribution in [1.29, 1.82) is 0 Å². The number of para-hydroxylation sites is 1. The molecule has 1 aromatic heterocycles. The topological polar surface area (TPSA) is 12.9 Å². The lowest BCUT2D eigenvalue weighted by atomic mass is 10.1. The molecule has 0 saturated heterocycles. The summed E-state index contributed by atoms with van der Waals surface area (Å²) in [7, 11) is 0. The lowest BCUT2D eigenvalue weighted by Crippen LogP contribution is -1.89. The Morgan fingerprint density at radius 3 is 2.86 bits per heavy atom. The van der Waals surface area contributed by atoms with Gasteiger partial charge in [-0.1, -0.05) is 43.1 Å². The maximum absolute atomic E-state index is 5.95. The minimum atomic E-state index is 0.590. The number of hydrogen-bond acceptors (Lipinski definition) is 1. The molecule has 14 heavy (non-hydrogen) atoms. The highest BCUT2D eigenvalue weighted by Crippen LogP contribution is 2.21. The predicted molar refractivity (Wildman–Crippen MR) is 60.7 cm³/mol. The first-order valence-corrected chi connectivity index (χ1v) is 5.23. The molecule has 1 aromatic carbocycles. The predicted octanol–water partition coefficient (Wildman–Crippen LogP) is 3.84. The van der Waals surface area contributed by atoms with E-state index in [-0.39, 0.29) is 0 Å². The van der Waals surface area contributed by atoms with Gasteiger partial charge in [0.25, 0.3) is 0 Å². The Bertz CT molecular complexity index is 451. The van der Waals surface area contributed by atoms with Crippen molar-refractivity contribution in [3.8, 4) is 0 Å². The molecule has 0 aliphatic heterocycles. The van der Waals surface area contributed by atoms with Crippen LogP contribution in [-0.4, -0.2) is 4.98 Å². The van der Waals surface area contributed by atoms with E-state index in [2.05, 4.69) is 18.0 Å². The third-order valence-electron chi connectivity index (χ3n) is 2.29. The summed E-state index contributed by atoms with van der Waals surface area (Å²) in [5.74, 6) is 0. The van der Waals surface area contributed by atoms with Crippen molar-refractivity contribution in [2.45, 2.75) is 19.8 Å². The normalized spacial score (nSPS) is 10.7. The van der Waals surface area contributed by atoms with Crippen molar-refractivity contribution < 1.29 is 0 Å². The van der Waals surface area contributed by atoms with Crippen LogP contribution in [0.2, 0.25) is 5.15 Å². The number of aromatic nitrogens is 1. The molecule has 0 fully saturated rings. The third kappa shape index (κ3) is 1.73. The number of benzene rings is 1. The first-order chi connectivity index (χ1) is 6.81. The van der Waals surface area contributed by atoms with Crippen LogP contribution in [0.5, 0.6) is 0 Å². The molecule has 0 bridgehead atoms. The monoisotopic (exact) mass is 205 g/mol. The lowest BCUT2D eigenvalue weighted by molar-refractivity contribution is 0.928. The van der Waals surface area contributed by atoms with Gasteiger partial charge in [0.05, 0.1) is 5.52 Å². The Balaban J connectivity index is 2.67. The van der Waals surface area contributed by atoms with Gasteiger partial charge >= 0.3 is 0 Å². The van der Waals surface area contributed by atoms with Gasteiger partial charge in [-0.2, -0.15) is 0 Å². The van der Waals surface area contributed by atoms with Gasteiger partial charge in [0.15, 0.2) is 0 Å². The van der Waals surface area contributed by atoms with Crippen molar-refractivity contribution in [2.24, 2.45) is 0 Å². The van der Waals surface area contributed by atoms with Crippen LogP contribution >= 0.6 is 11.6 Å². The smallest absolute Gasteiger partial charge is 0.130 e. The van der Waals surface area contributed by atoms with E-state index >= 15 is 0 Å². The summed E-state index contributed by atoms with van der Waals surface area (Å²) in [5, 5.41) is 1.81. The fourth-order valence-electron chi connectivity index (χ4n) is 1.69. The highest BCUT2D eigenvalue weighted by molar-refractivity contribution is 6.29. The molecule has 0 saturated carbocycles. The van der Waals surface area contributed by atoms with Gasteiger partial charge in [-0.15, -0.1) is 0 Å². The first kappa shape index (κ1) is 9.47. The molecule has 2 heteroatoms. The maximum atomic E-state index is 5.95. The Morgan fingerprint density at radius 2 is 2.07 bits per heavy atom. The largest absolute Gasteiger partial charge is 0.236 e. The van der Waals surface area contributed by atoms with Gasteiger partial charge < -0.3 is 0 Å². The minimum Gasteiger partial charge on any atom is -0.236 e. The number of fused-ring (bicyclic) bond motifs is 1. The highest BCUT2D eigenvalue weighted by atomic mass is 35.5. The minimum absolute atomic E-state index is 0.590. The van der Waals surface area contributed by atoms with Gasteiger partial charge in [-0.25, -0.2) is 4.98 Å². The average molecular weight is 206 g/mol. The van der Waals surface area contributed by atoms with Gasteiger partial charge in [0, 0.05) is 5.39 Å². The molecular formula is C12H12ClN. The zero-order valence-corrected chi connectivity index (χ0v) is 8.88. The number of pyridine rings is 1. The van der Waals surface area contributed by atoms with Crippen molar-refractivity contribution >= 4 is 22.5 Å². The van der Waals surface area contributed by atoms with Gasteiger partial charge in [-0.05, 0) is 24.1 Å². The van der Waals surface area contributed by atoms with Crippen molar-refractivity contribution in [3.05, 3.63) is 41.0 Å². The molecule has 72 valence electrons. The molecule has 1 heterocycles. The van der Waals surface area contributed by atoms with Gasteiger partial charge in [-0.3, -0.25) is 0 Å². The standard InChI is InChI=1S/C12H12ClN/c1-2-5-9-8-12(13)14-11-7-4-3-6-10(9)11/h3-4,6-8H,2,5H2,1H3. The van der Waals surface area contributed by atoms with Crippen LogP contribution in [0.25, 0.3) is 10.9 Å². The molecule has 0 atom stereocenters. The Kier molecular flexibility index (Phi) is 2.69. The van der Waals surface area contributed by atoms with Crippen LogP contribution in [0, 0.1) is 0 Å². The van der Waals surface area contributed by atoms with Crippen LogP contribution in [-0.2, 0) is 6.42 Å². The van der Waals surface area contributed by atoms with Crippen LogP contribution < -0.4 is 0 Å². The molecule has 0 spiro atoms. The van der Waals surface area contributed by atoms with E-state index in [9.17, 15) is 0 Å². The fraction of sp³-hybridized carbons (Fsp3) is 0.250. The van der Waals surface area contributed by atoms with Crippen molar-refractivity contribution in [1.82, 2.24) is 4.98 Å². The fourth-order valence-corrected chi connectivity index (χ4v) is 1.91. The van der Waals surface area contributed by atoms with Crippen molar-refractivity contribution in [3.63, 3.8) is 0 Å². The molecule has 0 amide bonds. The summed E-state index contributed by atoms with van der Waals surface area (Å²) in [6.45, 7) is 2.17. The average Bonchev–Trinajstić information content (AvgIpc) is 2.18. The number of nitrogens with zero attached hydrogens (tertiary/aromatic N) is 1. The molecular weight excluding hydrogens is 194 g/mol. The van der Waals surface area contributed by atoms with Gasteiger partial charge in [0.2, 0.25) is 0 Å². The van der Waals surface area contributed by atoms with E-state index in [1.54, 1.807) is 0 Å². The third-order valence-corrected chi connectivity index (χ3v) is 2.48. The highest BCUT2D eigenvalue weighted by Gasteiger charge is 2.02. The zero-order valence-electron chi connectivity index (χ0n) is 8.13. The Labute approximate surface area is 88.7 Å². The van der Waals surface area contributed by atoms with Crippen LogP contribution in [0.1, 0.15) is 18.9 Å². The van der Waals surface area contributed by atoms with E-state index < -0.39 is 0 Å². The van der Waals surface area contributed by atoms with E-state index in [0.717, 1.165) is 18.4 Å². The van der Waals surface area contributed by atoms with Crippen molar-refractivity contribution in [2.75, 3.05) is 0 Å². The molecule has 0 aliphatic carbocycles. The van der Waals surface area contributed by atoms with E-state index in [1.807, 2.05) is 24.3 Å². The second kappa shape index (κ2) is 3.97. The summed E-state index contributed by atoms with van der Waals surface area (Å²) in [6.07, 6.45) is 2.19. The van der Waals surface area contributed by atoms with E-state index in [4.69, 9.17) is 11.6 Å². The van der Waals surface area contributed by atoms with Crippen LogP contribution in [0.4, 0.5) is 0 Å². The molecule has 1 nitrogen and oxygen atoms in total. The lowest BCUT2D eigenvalue weighted by Gasteiger charge is -2.05. The Morgan fingerprint density at radius 1 is 1.29 bits per heavy atom. The summed E-state index contributed by atoms with van der Waals surface area (Å²) in [4.78, 5) is 4.28. The number of hydrogen-bond donors (Lipinski definition) is 0. The first-order valence-electron chi connectivity index (χ1n) is 4.85. The van der Waals surface area contributed by atoms with Crippen LogP contribution in [0.15, 0.2) is 30.3 Å².